The first-order valence-electron chi connectivity index (χ1n) is 8.29. The third-order valence-corrected chi connectivity index (χ3v) is 3.34. The molecular weight excluding hydrogens is 304 g/mol. The maximum atomic E-state index is 10.3. The number of unbranched alkanes of at least 4 members (excludes halogenated alkanes) is 8. The van der Waals surface area contributed by atoms with Crippen LogP contribution in [0.5, 0.6) is 0 Å². The Balaban J connectivity index is 0. The van der Waals surface area contributed by atoms with E-state index in [0.29, 0.717) is 6.42 Å². The first-order chi connectivity index (χ1) is 9.77. The zero-order valence-corrected chi connectivity index (χ0v) is 14.6. The molecule has 0 aliphatic rings. The minimum absolute atomic E-state index is 0. The standard InChI is InChI=1S/C18H32O2.Fe/c1-2-3-4-5-6-7-8-9-10-11-12-13-14-15-16-17-18(19)20;/h6-7,9-10H,2-5,8,11-17H2,1H3,(H,19,20);/b7-6-,10-9-;. The number of carboxylic acids is 1. The molecule has 124 valence electrons. The monoisotopic (exact) mass is 336 g/mol. The SMILES string of the molecule is CCCCC/C=C\C/C=C\CCCCCCCC(=O)O.[Fe]. The van der Waals surface area contributed by atoms with Crippen molar-refractivity contribution in [2.24, 2.45) is 0 Å². The van der Waals surface area contributed by atoms with Crippen LogP contribution in [0, 0.1) is 0 Å². The number of rotatable bonds is 14. The van der Waals surface area contributed by atoms with Gasteiger partial charge in [0, 0.05) is 23.5 Å². The quantitative estimate of drug-likeness (QED) is 0.244. The van der Waals surface area contributed by atoms with E-state index in [2.05, 4.69) is 31.2 Å². The summed E-state index contributed by atoms with van der Waals surface area (Å²) in [6.07, 6.45) is 22.3. The molecule has 0 atom stereocenters. The van der Waals surface area contributed by atoms with Crippen LogP contribution < -0.4 is 0 Å². The van der Waals surface area contributed by atoms with Crippen molar-refractivity contribution in [2.45, 2.75) is 84.0 Å². The minimum atomic E-state index is -0.671. The average Bonchev–Trinajstić information content (AvgIpc) is 2.43. The smallest absolute Gasteiger partial charge is 0.303 e. The van der Waals surface area contributed by atoms with Gasteiger partial charge >= 0.3 is 5.97 Å². The summed E-state index contributed by atoms with van der Waals surface area (Å²) in [5.41, 5.74) is 0. The fourth-order valence-electron chi connectivity index (χ4n) is 2.09. The van der Waals surface area contributed by atoms with Gasteiger partial charge in [0.1, 0.15) is 0 Å². The largest absolute Gasteiger partial charge is 0.481 e. The molecule has 0 bridgehead atoms. The van der Waals surface area contributed by atoms with Gasteiger partial charge in [0.05, 0.1) is 0 Å². The van der Waals surface area contributed by atoms with Crippen molar-refractivity contribution in [1.82, 2.24) is 0 Å². The van der Waals surface area contributed by atoms with Crippen LogP contribution in [0.25, 0.3) is 0 Å². The van der Waals surface area contributed by atoms with Gasteiger partial charge in [0.15, 0.2) is 0 Å². The van der Waals surface area contributed by atoms with Gasteiger partial charge in [-0.2, -0.15) is 0 Å². The Hall–Kier alpha value is -0.531. The van der Waals surface area contributed by atoms with E-state index in [4.69, 9.17) is 5.11 Å². The van der Waals surface area contributed by atoms with Gasteiger partial charge in [-0.15, -0.1) is 0 Å². The van der Waals surface area contributed by atoms with E-state index in [-0.39, 0.29) is 17.1 Å². The van der Waals surface area contributed by atoms with Crippen LogP contribution in [0.1, 0.15) is 84.0 Å². The summed E-state index contributed by atoms with van der Waals surface area (Å²) in [5.74, 6) is -0.671. The van der Waals surface area contributed by atoms with Crippen LogP contribution in [-0.4, -0.2) is 11.1 Å². The third kappa shape index (κ3) is 21.9. The summed E-state index contributed by atoms with van der Waals surface area (Å²) in [7, 11) is 0. The van der Waals surface area contributed by atoms with Crippen molar-refractivity contribution >= 4 is 5.97 Å². The first kappa shape index (κ1) is 22.7. The van der Waals surface area contributed by atoms with Crippen LogP contribution in [0.4, 0.5) is 0 Å². The predicted molar refractivity (Wildman–Crippen MR) is 87.0 cm³/mol. The summed E-state index contributed by atoms with van der Waals surface area (Å²) >= 11 is 0. The van der Waals surface area contributed by atoms with Crippen molar-refractivity contribution in [3.8, 4) is 0 Å². The number of carboxylic acid groups (broad SMARTS) is 1. The molecule has 0 saturated carbocycles. The normalized spacial score (nSPS) is 11.1. The molecule has 0 aromatic carbocycles. The maximum Gasteiger partial charge on any atom is 0.303 e. The Morgan fingerprint density at radius 1 is 0.810 bits per heavy atom. The fraction of sp³-hybridized carbons (Fsp3) is 0.722. The van der Waals surface area contributed by atoms with Crippen molar-refractivity contribution in [2.75, 3.05) is 0 Å². The second kappa shape index (κ2) is 19.5. The molecule has 0 spiro atoms. The number of hydrogen-bond donors (Lipinski definition) is 1. The topological polar surface area (TPSA) is 37.3 Å². The van der Waals surface area contributed by atoms with Gasteiger partial charge in [-0.25, -0.2) is 0 Å². The van der Waals surface area contributed by atoms with Crippen molar-refractivity contribution < 1.29 is 27.0 Å². The van der Waals surface area contributed by atoms with Gasteiger partial charge < -0.3 is 5.11 Å². The molecule has 21 heavy (non-hydrogen) atoms. The predicted octanol–water partition coefficient (Wildman–Crippen LogP) is 5.88. The Labute approximate surface area is 141 Å². The summed E-state index contributed by atoms with van der Waals surface area (Å²) in [6, 6.07) is 0. The molecule has 0 rings (SSSR count). The van der Waals surface area contributed by atoms with E-state index in [0.717, 1.165) is 25.7 Å². The molecule has 0 unspecified atom stereocenters. The molecule has 0 amide bonds. The van der Waals surface area contributed by atoms with Gasteiger partial charge in [-0.3, -0.25) is 4.79 Å². The maximum absolute atomic E-state index is 10.3. The summed E-state index contributed by atoms with van der Waals surface area (Å²) < 4.78 is 0. The van der Waals surface area contributed by atoms with Crippen molar-refractivity contribution in [3.63, 3.8) is 0 Å². The molecule has 0 aromatic rings. The van der Waals surface area contributed by atoms with Crippen LogP contribution in [0.15, 0.2) is 24.3 Å². The minimum Gasteiger partial charge on any atom is -0.481 e. The number of allylic oxidation sites excluding steroid dienone is 4. The second-order valence-corrected chi connectivity index (χ2v) is 5.37. The second-order valence-electron chi connectivity index (χ2n) is 5.37. The van der Waals surface area contributed by atoms with Crippen LogP contribution in [-0.2, 0) is 21.9 Å². The van der Waals surface area contributed by atoms with Crippen LogP contribution in [0.3, 0.4) is 0 Å². The van der Waals surface area contributed by atoms with E-state index in [9.17, 15) is 4.79 Å². The van der Waals surface area contributed by atoms with E-state index < -0.39 is 5.97 Å². The summed E-state index contributed by atoms with van der Waals surface area (Å²) in [6.45, 7) is 2.23. The van der Waals surface area contributed by atoms with Crippen molar-refractivity contribution in [1.29, 1.82) is 0 Å². The summed E-state index contributed by atoms with van der Waals surface area (Å²) in [5, 5.41) is 8.50. The molecule has 2 nitrogen and oxygen atoms in total. The Morgan fingerprint density at radius 2 is 1.33 bits per heavy atom. The third-order valence-electron chi connectivity index (χ3n) is 3.34. The molecule has 0 heterocycles. The molecule has 0 aliphatic heterocycles. The fourth-order valence-corrected chi connectivity index (χ4v) is 2.09. The van der Waals surface area contributed by atoms with Gasteiger partial charge in [-0.1, -0.05) is 63.3 Å². The molecule has 0 fully saturated rings. The number of hydrogen-bond acceptors (Lipinski definition) is 1. The van der Waals surface area contributed by atoms with Crippen LogP contribution in [0.2, 0.25) is 0 Å². The van der Waals surface area contributed by atoms with Crippen LogP contribution >= 0.6 is 0 Å². The van der Waals surface area contributed by atoms with E-state index in [1.54, 1.807) is 0 Å². The van der Waals surface area contributed by atoms with Gasteiger partial charge in [-0.05, 0) is 38.5 Å². The van der Waals surface area contributed by atoms with Crippen molar-refractivity contribution in [3.05, 3.63) is 24.3 Å². The zero-order valence-electron chi connectivity index (χ0n) is 13.5. The van der Waals surface area contributed by atoms with E-state index in [1.807, 2.05) is 0 Å². The Kier molecular flexibility index (Phi) is 21.1. The van der Waals surface area contributed by atoms with Gasteiger partial charge in [0.25, 0.3) is 0 Å². The van der Waals surface area contributed by atoms with E-state index in [1.165, 1.54) is 44.9 Å². The zero-order chi connectivity index (χ0) is 14.9. The molecule has 0 aliphatic carbocycles. The number of aliphatic carboxylic acids is 1. The summed E-state index contributed by atoms with van der Waals surface area (Å²) in [4.78, 5) is 10.3. The van der Waals surface area contributed by atoms with E-state index >= 15 is 0 Å². The molecule has 3 heteroatoms. The Bertz CT molecular complexity index is 272. The number of carbonyl (C=O) groups is 1. The first-order valence-corrected chi connectivity index (χ1v) is 8.29. The molecule has 0 radical (unpaired) electrons. The van der Waals surface area contributed by atoms with Gasteiger partial charge in [0.2, 0.25) is 0 Å². The molecule has 0 saturated heterocycles. The molecule has 1 N–H and O–H groups in total. The molecular formula is C18H32FeO2. The Morgan fingerprint density at radius 3 is 1.90 bits per heavy atom. The average molecular weight is 336 g/mol. The molecule has 0 aromatic heterocycles.